The molecule has 4 rings (SSSR count). The molecule has 9 heteroatoms. The predicted molar refractivity (Wildman–Crippen MR) is 159 cm³/mol. The number of aromatic nitrogens is 2. The van der Waals surface area contributed by atoms with Crippen LogP contribution in [-0.2, 0) is 11.3 Å². The van der Waals surface area contributed by atoms with Crippen molar-refractivity contribution in [2.45, 2.75) is 39.9 Å². The number of carbonyl (C=O) groups excluding carboxylic acids is 1. The van der Waals surface area contributed by atoms with Crippen molar-refractivity contribution in [3.63, 3.8) is 0 Å². The molecule has 0 fully saturated rings. The molecule has 0 spiro atoms. The van der Waals surface area contributed by atoms with Crippen molar-refractivity contribution in [3.8, 4) is 17.1 Å². The van der Waals surface area contributed by atoms with Crippen LogP contribution in [0.4, 0.5) is 16.3 Å². The van der Waals surface area contributed by atoms with Gasteiger partial charge >= 0.3 is 11.8 Å². The van der Waals surface area contributed by atoms with Gasteiger partial charge in [0, 0.05) is 19.8 Å². The van der Waals surface area contributed by atoms with E-state index in [0.29, 0.717) is 40.9 Å². The zero-order chi connectivity index (χ0) is 29.0. The van der Waals surface area contributed by atoms with Gasteiger partial charge in [0.2, 0.25) is 0 Å². The molecule has 0 saturated carbocycles. The fourth-order valence-corrected chi connectivity index (χ4v) is 4.27. The number of anilines is 2. The summed E-state index contributed by atoms with van der Waals surface area (Å²) in [7, 11) is 3.33. The number of rotatable bonds is 8. The average Bonchev–Trinajstić information content (AvgIpc) is 3.23. The second kappa shape index (κ2) is 11.5. The van der Waals surface area contributed by atoms with E-state index in [1.165, 1.54) is 14.0 Å². The third-order valence-electron chi connectivity index (χ3n) is 6.13. The Morgan fingerprint density at radius 3 is 2.23 bits per heavy atom. The van der Waals surface area contributed by atoms with Crippen molar-refractivity contribution in [2.24, 2.45) is 0 Å². The van der Waals surface area contributed by atoms with E-state index in [9.17, 15) is 9.59 Å². The second-order valence-corrected chi connectivity index (χ2v) is 10.4. The predicted octanol–water partition coefficient (Wildman–Crippen LogP) is 6.01. The van der Waals surface area contributed by atoms with Crippen molar-refractivity contribution in [3.05, 3.63) is 101 Å². The third-order valence-corrected chi connectivity index (χ3v) is 6.13. The van der Waals surface area contributed by atoms with Gasteiger partial charge in [0.05, 0.1) is 17.1 Å². The Hall–Kier alpha value is -4.79. The quantitative estimate of drug-likeness (QED) is 0.266. The second-order valence-electron chi connectivity index (χ2n) is 10.4. The Bertz CT molecular complexity index is 1560. The maximum atomic E-state index is 13.9. The van der Waals surface area contributed by atoms with Crippen molar-refractivity contribution < 1.29 is 14.3 Å². The molecule has 1 aromatic heterocycles. The molecule has 0 aliphatic carbocycles. The highest BCUT2D eigenvalue weighted by Gasteiger charge is 2.25. The highest BCUT2D eigenvalue weighted by atomic mass is 16.6. The first-order chi connectivity index (χ1) is 19.0. The van der Waals surface area contributed by atoms with Crippen LogP contribution in [0.15, 0.2) is 83.7 Å². The molecule has 0 unspecified atom stereocenters. The molecule has 208 valence electrons. The summed E-state index contributed by atoms with van der Waals surface area (Å²) >= 11 is 0. The number of carbonyl (C=O) groups is 1. The molecule has 1 amide bonds. The van der Waals surface area contributed by atoms with E-state index >= 15 is 0 Å². The molecule has 2 N–H and O–H groups in total. The van der Waals surface area contributed by atoms with Gasteiger partial charge in [0.1, 0.15) is 29.5 Å². The first-order valence-corrected chi connectivity index (χ1v) is 13.0. The minimum Gasteiger partial charge on any atom is -0.489 e. The zero-order valence-corrected chi connectivity index (χ0v) is 23.7. The molecule has 0 saturated heterocycles. The van der Waals surface area contributed by atoms with E-state index in [2.05, 4.69) is 5.32 Å². The van der Waals surface area contributed by atoms with Crippen molar-refractivity contribution in [1.82, 2.24) is 9.13 Å². The molecule has 0 aliphatic rings. The Kier molecular flexibility index (Phi) is 8.13. The topological polar surface area (TPSA) is 102 Å². The van der Waals surface area contributed by atoms with Crippen LogP contribution in [0.25, 0.3) is 11.4 Å². The number of benzene rings is 3. The number of hydrogen-bond donors (Lipinski definition) is 2. The smallest absolute Gasteiger partial charge is 0.414 e. The van der Waals surface area contributed by atoms with Crippen LogP contribution in [0.1, 0.15) is 39.0 Å². The molecule has 9 nitrogen and oxygen atoms in total. The maximum absolute atomic E-state index is 13.9. The maximum Gasteiger partial charge on any atom is 0.414 e. The fourth-order valence-electron chi connectivity index (χ4n) is 4.27. The Morgan fingerprint density at radius 2 is 1.62 bits per heavy atom. The highest BCUT2D eigenvalue weighted by molar-refractivity contribution is 6.00. The summed E-state index contributed by atoms with van der Waals surface area (Å²) in [6, 6.07) is 24.1. The first-order valence-electron chi connectivity index (χ1n) is 13.0. The van der Waals surface area contributed by atoms with Gasteiger partial charge < -0.3 is 20.2 Å². The van der Waals surface area contributed by atoms with Crippen LogP contribution in [0.3, 0.4) is 0 Å². The number of ether oxygens (including phenoxy) is 2. The Labute approximate surface area is 234 Å². The molecule has 0 atom stereocenters. The normalized spacial score (nSPS) is 11.2. The van der Waals surface area contributed by atoms with Gasteiger partial charge in [0.15, 0.2) is 0 Å². The molecule has 40 heavy (non-hydrogen) atoms. The van der Waals surface area contributed by atoms with Gasteiger partial charge in [-0.2, -0.15) is 0 Å². The van der Waals surface area contributed by atoms with Gasteiger partial charge in [-0.15, -0.1) is 0 Å². The van der Waals surface area contributed by atoms with E-state index in [1.54, 1.807) is 90.3 Å². The summed E-state index contributed by atoms with van der Waals surface area (Å²) in [5.74, 6) is 1.12. The molecule has 0 bridgehead atoms. The van der Waals surface area contributed by atoms with E-state index in [4.69, 9.17) is 14.9 Å². The molecule has 1 heterocycles. The number of imidazole rings is 1. The SMILES string of the molecule is CNc1c(C(C)=N)n(-c2ccc(OCc3ccccc3)cc2)c(=O)n1-c1cccc(N(C)C(=O)OC(C)(C)C)c1. The third kappa shape index (κ3) is 6.09. The van der Waals surface area contributed by atoms with Crippen molar-refractivity contribution >= 4 is 23.3 Å². The van der Waals surface area contributed by atoms with Gasteiger partial charge in [-0.05, 0) is 75.7 Å². The molecule has 3 aromatic carbocycles. The van der Waals surface area contributed by atoms with E-state index < -0.39 is 11.7 Å². The lowest BCUT2D eigenvalue weighted by Gasteiger charge is -2.25. The summed E-state index contributed by atoms with van der Waals surface area (Å²) < 4.78 is 14.4. The fraction of sp³-hybridized carbons (Fsp3) is 0.258. The largest absolute Gasteiger partial charge is 0.489 e. The molecular formula is C31H35N5O4. The summed E-state index contributed by atoms with van der Waals surface area (Å²) in [6.45, 7) is 7.49. The summed E-state index contributed by atoms with van der Waals surface area (Å²) in [4.78, 5) is 28.0. The molecule has 0 aliphatic heterocycles. The first kappa shape index (κ1) is 28.2. The van der Waals surface area contributed by atoms with Crippen LogP contribution in [-0.4, -0.2) is 40.6 Å². The van der Waals surface area contributed by atoms with E-state index in [1.807, 2.05) is 30.3 Å². The van der Waals surface area contributed by atoms with Crippen LogP contribution >= 0.6 is 0 Å². The van der Waals surface area contributed by atoms with Gasteiger partial charge in [-0.1, -0.05) is 36.4 Å². The van der Waals surface area contributed by atoms with Crippen molar-refractivity contribution in [2.75, 3.05) is 24.3 Å². The molecule has 4 aromatic rings. The van der Waals surface area contributed by atoms with Crippen LogP contribution < -0.4 is 20.6 Å². The van der Waals surface area contributed by atoms with E-state index in [-0.39, 0.29) is 11.4 Å². The lowest BCUT2D eigenvalue weighted by molar-refractivity contribution is 0.0589. The standard InChI is InChI=1S/C31H35N5O4/c1-21(32)27-28(33-5)36(25-14-10-13-24(19-25)34(6)30(38)40-31(2,3)4)29(37)35(27)23-15-17-26(18-16-23)39-20-22-11-8-7-9-12-22/h7-19,32-33H,20H2,1-6H3. The van der Waals surface area contributed by atoms with E-state index in [0.717, 1.165) is 5.56 Å². The van der Waals surface area contributed by atoms with Gasteiger partial charge in [0.25, 0.3) is 0 Å². The van der Waals surface area contributed by atoms with Gasteiger partial charge in [-0.25, -0.2) is 14.2 Å². The minimum absolute atomic E-state index is 0.214. The number of nitrogens with one attached hydrogen (secondary N) is 2. The number of nitrogens with zero attached hydrogens (tertiary/aromatic N) is 3. The molecular weight excluding hydrogens is 506 g/mol. The lowest BCUT2D eigenvalue weighted by atomic mass is 10.2. The molecule has 0 radical (unpaired) electrons. The van der Waals surface area contributed by atoms with Crippen molar-refractivity contribution in [1.29, 1.82) is 5.41 Å². The van der Waals surface area contributed by atoms with Crippen LogP contribution in [0, 0.1) is 5.41 Å². The monoisotopic (exact) mass is 541 g/mol. The Balaban J connectivity index is 1.72. The lowest BCUT2D eigenvalue weighted by Crippen LogP contribution is -2.34. The average molecular weight is 542 g/mol. The zero-order valence-electron chi connectivity index (χ0n) is 23.7. The Morgan fingerprint density at radius 1 is 0.950 bits per heavy atom. The summed E-state index contributed by atoms with van der Waals surface area (Å²) in [5, 5.41) is 11.6. The van der Waals surface area contributed by atoms with Crippen LogP contribution in [0.5, 0.6) is 5.75 Å². The number of hydrogen-bond acceptors (Lipinski definition) is 6. The van der Waals surface area contributed by atoms with Gasteiger partial charge in [-0.3, -0.25) is 9.47 Å². The summed E-state index contributed by atoms with van der Waals surface area (Å²) in [5.41, 5.74) is 2.38. The summed E-state index contributed by atoms with van der Waals surface area (Å²) in [6.07, 6.45) is -0.506. The minimum atomic E-state index is -0.644. The van der Waals surface area contributed by atoms with Crippen LogP contribution in [0.2, 0.25) is 0 Å². The highest BCUT2D eigenvalue weighted by Crippen LogP contribution is 2.27. The number of amides is 1.